The van der Waals surface area contributed by atoms with Crippen LogP contribution in [0.4, 0.5) is 0 Å². The van der Waals surface area contributed by atoms with Crippen LogP contribution in [0.25, 0.3) is 0 Å². The largest absolute Gasteiger partial charge is 0.481 e. The van der Waals surface area contributed by atoms with Gasteiger partial charge in [-0.05, 0) is 30.0 Å². The lowest BCUT2D eigenvalue weighted by Gasteiger charge is -2.01. The fourth-order valence-electron chi connectivity index (χ4n) is 1.82. The number of esters is 1. The summed E-state index contributed by atoms with van der Waals surface area (Å²) in [7, 11) is 1.33. The zero-order valence-electron chi connectivity index (χ0n) is 8.84. The molecule has 1 fully saturated rings. The van der Waals surface area contributed by atoms with E-state index in [4.69, 9.17) is 5.11 Å². The SMILES string of the molecule is COC(=O)c1ccc([C@H]2C[C@H]2C(=O)O)cc1. The first-order valence-electron chi connectivity index (χ1n) is 5.04. The van der Waals surface area contributed by atoms with E-state index in [2.05, 4.69) is 4.74 Å². The average Bonchev–Trinajstić information content (AvgIpc) is 3.08. The summed E-state index contributed by atoms with van der Waals surface area (Å²) in [6.45, 7) is 0. The van der Waals surface area contributed by atoms with Gasteiger partial charge in [0.05, 0.1) is 18.6 Å². The van der Waals surface area contributed by atoms with Crippen LogP contribution >= 0.6 is 0 Å². The van der Waals surface area contributed by atoms with Gasteiger partial charge < -0.3 is 9.84 Å². The zero-order chi connectivity index (χ0) is 11.7. The van der Waals surface area contributed by atoms with Gasteiger partial charge in [-0.15, -0.1) is 0 Å². The molecule has 0 saturated heterocycles. The summed E-state index contributed by atoms with van der Waals surface area (Å²) >= 11 is 0. The maximum Gasteiger partial charge on any atom is 0.337 e. The number of carbonyl (C=O) groups is 2. The number of carboxylic acids is 1. The highest BCUT2D eigenvalue weighted by Crippen LogP contribution is 2.47. The van der Waals surface area contributed by atoms with E-state index in [0.29, 0.717) is 12.0 Å². The molecule has 1 aliphatic rings. The van der Waals surface area contributed by atoms with Crippen LogP contribution in [0.3, 0.4) is 0 Å². The fraction of sp³-hybridized carbons (Fsp3) is 0.333. The molecule has 16 heavy (non-hydrogen) atoms. The van der Waals surface area contributed by atoms with Gasteiger partial charge in [-0.1, -0.05) is 12.1 Å². The molecule has 2 atom stereocenters. The Labute approximate surface area is 92.8 Å². The molecule has 1 aromatic carbocycles. The van der Waals surface area contributed by atoms with E-state index in [1.807, 2.05) is 0 Å². The molecule has 2 rings (SSSR count). The van der Waals surface area contributed by atoms with Gasteiger partial charge in [0.2, 0.25) is 0 Å². The molecule has 0 aromatic heterocycles. The van der Waals surface area contributed by atoms with Crippen LogP contribution in [0, 0.1) is 5.92 Å². The Kier molecular flexibility index (Phi) is 2.64. The van der Waals surface area contributed by atoms with Crippen LogP contribution < -0.4 is 0 Å². The van der Waals surface area contributed by atoms with Gasteiger partial charge in [0, 0.05) is 0 Å². The predicted octanol–water partition coefficient (Wildman–Crippen LogP) is 1.66. The van der Waals surface area contributed by atoms with Crippen LogP contribution in [-0.2, 0) is 9.53 Å². The molecule has 1 saturated carbocycles. The summed E-state index contributed by atoms with van der Waals surface area (Å²) in [5.41, 5.74) is 1.46. The first-order chi connectivity index (χ1) is 7.63. The third-order valence-corrected chi connectivity index (χ3v) is 2.87. The Hall–Kier alpha value is -1.84. The highest BCUT2D eigenvalue weighted by molar-refractivity contribution is 5.89. The molecule has 1 aliphatic carbocycles. The second kappa shape index (κ2) is 3.96. The zero-order valence-corrected chi connectivity index (χ0v) is 8.84. The second-order valence-electron chi connectivity index (χ2n) is 3.90. The van der Waals surface area contributed by atoms with Crippen molar-refractivity contribution < 1.29 is 19.4 Å². The lowest BCUT2D eigenvalue weighted by Crippen LogP contribution is -2.01. The minimum Gasteiger partial charge on any atom is -0.481 e. The monoisotopic (exact) mass is 220 g/mol. The van der Waals surface area contributed by atoms with Gasteiger partial charge >= 0.3 is 11.9 Å². The number of carboxylic acid groups (broad SMARTS) is 1. The molecule has 0 spiro atoms. The molecule has 0 bridgehead atoms. The average molecular weight is 220 g/mol. The predicted molar refractivity (Wildman–Crippen MR) is 56.3 cm³/mol. The van der Waals surface area contributed by atoms with Gasteiger partial charge in [0.15, 0.2) is 0 Å². The number of aliphatic carboxylic acids is 1. The lowest BCUT2D eigenvalue weighted by molar-refractivity contribution is -0.138. The van der Waals surface area contributed by atoms with E-state index < -0.39 is 5.97 Å². The second-order valence-corrected chi connectivity index (χ2v) is 3.90. The van der Waals surface area contributed by atoms with Crippen molar-refractivity contribution in [3.05, 3.63) is 35.4 Å². The van der Waals surface area contributed by atoms with Crippen LogP contribution in [0.15, 0.2) is 24.3 Å². The minimum absolute atomic E-state index is 0.101. The maximum absolute atomic E-state index is 11.2. The highest BCUT2D eigenvalue weighted by atomic mass is 16.5. The van der Waals surface area contributed by atoms with Gasteiger partial charge in [0.1, 0.15) is 0 Å². The van der Waals surface area contributed by atoms with Crippen LogP contribution in [0.2, 0.25) is 0 Å². The smallest absolute Gasteiger partial charge is 0.337 e. The topological polar surface area (TPSA) is 63.6 Å². The molecule has 0 unspecified atom stereocenters. The number of methoxy groups -OCH3 is 1. The normalized spacial score (nSPS) is 22.6. The van der Waals surface area contributed by atoms with Crippen LogP contribution in [0.1, 0.15) is 28.3 Å². The number of carbonyl (C=O) groups excluding carboxylic acids is 1. The number of hydrogen-bond acceptors (Lipinski definition) is 3. The quantitative estimate of drug-likeness (QED) is 0.787. The van der Waals surface area contributed by atoms with Gasteiger partial charge in [-0.25, -0.2) is 4.79 Å². The van der Waals surface area contributed by atoms with Crippen molar-refractivity contribution in [1.29, 1.82) is 0 Å². The Morgan fingerprint density at radius 1 is 1.31 bits per heavy atom. The van der Waals surface area contributed by atoms with E-state index in [0.717, 1.165) is 5.56 Å². The van der Waals surface area contributed by atoms with Crippen molar-refractivity contribution in [2.24, 2.45) is 5.92 Å². The molecular weight excluding hydrogens is 208 g/mol. The summed E-state index contributed by atoms with van der Waals surface area (Å²) in [6, 6.07) is 6.91. The Bertz CT molecular complexity index is 421. The molecular formula is C12H12O4. The highest BCUT2D eigenvalue weighted by Gasteiger charge is 2.44. The maximum atomic E-state index is 11.2. The van der Waals surface area contributed by atoms with Crippen molar-refractivity contribution in [2.45, 2.75) is 12.3 Å². The molecule has 0 radical (unpaired) electrons. The fourth-order valence-corrected chi connectivity index (χ4v) is 1.82. The number of benzene rings is 1. The van der Waals surface area contributed by atoms with Crippen molar-refractivity contribution in [3.8, 4) is 0 Å². The van der Waals surface area contributed by atoms with Crippen molar-refractivity contribution in [3.63, 3.8) is 0 Å². The molecule has 4 nitrogen and oxygen atoms in total. The van der Waals surface area contributed by atoms with Gasteiger partial charge in [-0.2, -0.15) is 0 Å². The minimum atomic E-state index is -0.748. The Morgan fingerprint density at radius 3 is 2.38 bits per heavy atom. The van der Waals surface area contributed by atoms with Crippen molar-refractivity contribution in [1.82, 2.24) is 0 Å². The van der Waals surface area contributed by atoms with E-state index in [-0.39, 0.29) is 17.8 Å². The van der Waals surface area contributed by atoms with E-state index >= 15 is 0 Å². The molecule has 1 N–H and O–H groups in total. The van der Waals surface area contributed by atoms with Crippen molar-refractivity contribution in [2.75, 3.05) is 7.11 Å². The van der Waals surface area contributed by atoms with Crippen molar-refractivity contribution >= 4 is 11.9 Å². The standard InChI is InChI=1S/C12H12O4/c1-16-12(15)8-4-2-7(3-5-8)9-6-10(9)11(13)14/h2-5,9-10H,6H2,1H3,(H,13,14)/t9-,10-/m1/s1. The molecule has 4 heteroatoms. The Morgan fingerprint density at radius 2 is 1.94 bits per heavy atom. The van der Waals surface area contributed by atoms with E-state index in [1.54, 1.807) is 24.3 Å². The third kappa shape index (κ3) is 1.91. The summed E-state index contributed by atoms with van der Waals surface area (Å²) in [5, 5.41) is 8.79. The molecule has 84 valence electrons. The number of hydrogen-bond donors (Lipinski definition) is 1. The summed E-state index contributed by atoms with van der Waals surface area (Å²) in [6.07, 6.45) is 0.687. The number of rotatable bonds is 3. The third-order valence-electron chi connectivity index (χ3n) is 2.87. The molecule has 0 aliphatic heterocycles. The van der Waals surface area contributed by atoms with E-state index in [1.165, 1.54) is 7.11 Å². The molecule has 0 heterocycles. The van der Waals surface area contributed by atoms with E-state index in [9.17, 15) is 9.59 Å². The first-order valence-corrected chi connectivity index (χ1v) is 5.04. The van der Waals surface area contributed by atoms with Gasteiger partial charge in [0.25, 0.3) is 0 Å². The number of ether oxygens (including phenoxy) is 1. The lowest BCUT2D eigenvalue weighted by atomic mass is 10.1. The first kappa shape index (κ1) is 10.7. The molecule has 0 amide bonds. The summed E-state index contributed by atoms with van der Waals surface area (Å²) < 4.78 is 4.58. The Balaban J connectivity index is 2.09. The molecule has 1 aromatic rings. The summed E-state index contributed by atoms with van der Waals surface area (Å²) in [5.74, 6) is -1.28. The van der Waals surface area contributed by atoms with Crippen LogP contribution in [0.5, 0.6) is 0 Å². The summed E-state index contributed by atoms with van der Waals surface area (Å²) in [4.78, 5) is 21.9. The van der Waals surface area contributed by atoms with Crippen LogP contribution in [-0.4, -0.2) is 24.2 Å². The van der Waals surface area contributed by atoms with Gasteiger partial charge in [-0.3, -0.25) is 4.79 Å².